The van der Waals surface area contributed by atoms with Crippen LogP contribution in [0.25, 0.3) is 0 Å². The van der Waals surface area contributed by atoms with E-state index in [1.807, 2.05) is 6.92 Å². The van der Waals surface area contributed by atoms with E-state index >= 15 is 0 Å². The summed E-state index contributed by atoms with van der Waals surface area (Å²) in [7, 11) is 0. The van der Waals surface area contributed by atoms with Crippen LogP contribution in [-0.2, 0) is 0 Å². The summed E-state index contributed by atoms with van der Waals surface area (Å²) >= 11 is 0. The van der Waals surface area contributed by atoms with Gasteiger partial charge in [0.2, 0.25) is 0 Å². The number of aliphatic hydroxyl groups is 2. The van der Waals surface area contributed by atoms with Crippen LogP contribution < -0.4 is 11.1 Å². The standard InChI is InChI=1S/C6H16N2O2/c1-5(4-6(7)10)8-2-3-9/h5-6,8-10H,2-4,7H2,1H3. The number of nitrogens with one attached hydrogen (secondary N) is 1. The molecule has 0 radical (unpaired) electrons. The predicted molar refractivity (Wildman–Crippen MR) is 39.4 cm³/mol. The minimum atomic E-state index is -0.763. The molecule has 0 aliphatic heterocycles. The fourth-order valence-corrected chi connectivity index (χ4v) is 0.757. The lowest BCUT2D eigenvalue weighted by Gasteiger charge is -2.13. The lowest BCUT2D eigenvalue weighted by atomic mass is 10.2. The zero-order valence-electron chi connectivity index (χ0n) is 6.25. The Balaban J connectivity index is 3.16. The van der Waals surface area contributed by atoms with Crippen molar-refractivity contribution in [2.24, 2.45) is 5.73 Å². The molecule has 0 rings (SSSR count). The van der Waals surface area contributed by atoms with Gasteiger partial charge < -0.3 is 21.3 Å². The van der Waals surface area contributed by atoms with Gasteiger partial charge in [0.25, 0.3) is 0 Å². The highest BCUT2D eigenvalue weighted by Gasteiger charge is 2.03. The smallest absolute Gasteiger partial charge is 0.103 e. The second kappa shape index (κ2) is 5.61. The highest BCUT2D eigenvalue weighted by molar-refractivity contribution is 4.62. The number of nitrogens with two attached hydrogens (primary N) is 1. The Morgan fingerprint density at radius 3 is 2.60 bits per heavy atom. The van der Waals surface area contributed by atoms with Crippen LogP contribution in [-0.4, -0.2) is 35.6 Å². The predicted octanol–water partition coefficient (Wildman–Crippen LogP) is -1.38. The van der Waals surface area contributed by atoms with Crippen LogP contribution in [0.4, 0.5) is 0 Å². The van der Waals surface area contributed by atoms with Gasteiger partial charge in [0, 0.05) is 19.0 Å². The summed E-state index contributed by atoms with van der Waals surface area (Å²) in [5.74, 6) is 0. The molecule has 0 aliphatic rings. The van der Waals surface area contributed by atoms with Gasteiger partial charge in [-0.2, -0.15) is 0 Å². The highest BCUT2D eigenvalue weighted by atomic mass is 16.3. The summed E-state index contributed by atoms with van der Waals surface area (Å²) in [6.07, 6.45) is -0.249. The van der Waals surface area contributed by atoms with Crippen LogP contribution in [0.5, 0.6) is 0 Å². The lowest BCUT2D eigenvalue weighted by molar-refractivity contribution is 0.157. The molecule has 0 aromatic rings. The largest absolute Gasteiger partial charge is 0.395 e. The molecule has 0 aromatic heterocycles. The summed E-state index contributed by atoms with van der Waals surface area (Å²) < 4.78 is 0. The Hall–Kier alpha value is -0.160. The number of hydrogen-bond donors (Lipinski definition) is 4. The Labute approximate surface area is 61.0 Å². The Kier molecular flexibility index (Phi) is 5.52. The Morgan fingerprint density at radius 1 is 1.60 bits per heavy atom. The molecular formula is C6H16N2O2. The fourth-order valence-electron chi connectivity index (χ4n) is 0.757. The van der Waals surface area contributed by atoms with Crippen LogP contribution in [0.15, 0.2) is 0 Å². The SMILES string of the molecule is CC(CC(N)O)NCCO. The quantitative estimate of drug-likeness (QED) is 0.362. The van der Waals surface area contributed by atoms with Crippen molar-refractivity contribution in [3.05, 3.63) is 0 Å². The molecule has 4 nitrogen and oxygen atoms in total. The summed E-state index contributed by atoms with van der Waals surface area (Å²) in [6.45, 7) is 2.57. The fraction of sp³-hybridized carbons (Fsp3) is 1.00. The molecule has 0 bridgehead atoms. The first-order chi connectivity index (χ1) is 4.66. The van der Waals surface area contributed by atoms with E-state index in [1.165, 1.54) is 0 Å². The normalized spacial score (nSPS) is 16.8. The highest BCUT2D eigenvalue weighted by Crippen LogP contribution is 1.90. The molecule has 2 unspecified atom stereocenters. The molecule has 0 fully saturated rings. The molecule has 0 aliphatic carbocycles. The molecular weight excluding hydrogens is 132 g/mol. The van der Waals surface area contributed by atoms with Crippen molar-refractivity contribution >= 4 is 0 Å². The molecule has 4 heteroatoms. The van der Waals surface area contributed by atoms with Gasteiger partial charge in [-0.1, -0.05) is 0 Å². The molecule has 10 heavy (non-hydrogen) atoms. The van der Waals surface area contributed by atoms with E-state index in [-0.39, 0.29) is 12.6 Å². The van der Waals surface area contributed by atoms with Crippen molar-refractivity contribution < 1.29 is 10.2 Å². The molecule has 5 N–H and O–H groups in total. The van der Waals surface area contributed by atoms with Crippen molar-refractivity contribution in [1.29, 1.82) is 0 Å². The second-order valence-corrected chi connectivity index (χ2v) is 2.38. The van der Waals surface area contributed by atoms with Gasteiger partial charge in [0.1, 0.15) is 6.23 Å². The summed E-state index contributed by atoms with van der Waals surface area (Å²) in [4.78, 5) is 0. The Morgan fingerprint density at radius 2 is 2.20 bits per heavy atom. The summed E-state index contributed by atoms with van der Waals surface area (Å²) in [6, 6.07) is 0.159. The molecule has 2 atom stereocenters. The van der Waals surface area contributed by atoms with E-state index < -0.39 is 6.23 Å². The first-order valence-corrected chi connectivity index (χ1v) is 3.44. The number of aliphatic hydroxyl groups excluding tert-OH is 2. The van der Waals surface area contributed by atoms with Crippen molar-refractivity contribution in [1.82, 2.24) is 5.32 Å². The van der Waals surface area contributed by atoms with Gasteiger partial charge in [-0.15, -0.1) is 0 Å². The topological polar surface area (TPSA) is 78.5 Å². The molecule has 0 amide bonds. The maximum absolute atomic E-state index is 8.70. The average molecular weight is 148 g/mol. The van der Waals surface area contributed by atoms with E-state index in [9.17, 15) is 0 Å². The van der Waals surface area contributed by atoms with Crippen molar-refractivity contribution in [3.8, 4) is 0 Å². The van der Waals surface area contributed by atoms with E-state index in [4.69, 9.17) is 15.9 Å². The van der Waals surface area contributed by atoms with Gasteiger partial charge in [-0.3, -0.25) is 0 Å². The molecule has 0 aromatic carbocycles. The first-order valence-electron chi connectivity index (χ1n) is 3.44. The average Bonchev–Trinajstić information content (AvgIpc) is 1.82. The number of hydrogen-bond acceptors (Lipinski definition) is 4. The van der Waals surface area contributed by atoms with Crippen LogP contribution in [0.1, 0.15) is 13.3 Å². The summed E-state index contributed by atoms with van der Waals surface area (Å²) in [5, 5.41) is 20.1. The van der Waals surface area contributed by atoms with Gasteiger partial charge in [-0.25, -0.2) is 0 Å². The Bertz CT molecular complexity index is 78.1. The second-order valence-electron chi connectivity index (χ2n) is 2.38. The third kappa shape index (κ3) is 5.97. The van der Waals surface area contributed by atoms with Gasteiger partial charge in [0.15, 0.2) is 0 Å². The molecule has 0 spiro atoms. The van der Waals surface area contributed by atoms with Gasteiger partial charge in [0.05, 0.1) is 6.61 Å². The maximum atomic E-state index is 8.70. The van der Waals surface area contributed by atoms with Crippen molar-refractivity contribution in [2.45, 2.75) is 25.6 Å². The van der Waals surface area contributed by atoms with E-state index in [1.54, 1.807) is 0 Å². The number of rotatable bonds is 5. The maximum Gasteiger partial charge on any atom is 0.103 e. The summed E-state index contributed by atoms with van der Waals surface area (Å²) in [5.41, 5.74) is 5.12. The zero-order valence-corrected chi connectivity index (χ0v) is 6.25. The van der Waals surface area contributed by atoms with Gasteiger partial charge >= 0.3 is 0 Å². The third-order valence-corrected chi connectivity index (χ3v) is 1.20. The first kappa shape index (κ1) is 9.84. The lowest BCUT2D eigenvalue weighted by Crippen LogP contribution is -2.34. The van der Waals surface area contributed by atoms with E-state index in [0.29, 0.717) is 13.0 Å². The van der Waals surface area contributed by atoms with Gasteiger partial charge in [-0.05, 0) is 6.92 Å². The monoisotopic (exact) mass is 148 g/mol. The third-order valence-electron chi connectivity index (χ3n) is 1.20. The van der Waals surface area contributed by atoms with Crippen LogP contribution in [0.2, 0.25) is 0 Å². The minimum absolute atomic E-state index is 0.116. The van der Waals surface area contributed by atoms with E-state index in [2.05, 4.69) is 5.32 Å². The molecule has 0 saturated heterocycles. The van der Waals surface area contributed by atoms with Crippen LogP contribution in [0.3, 0.4) is 0 Å². The van der Waals surface area contributed by atoms with Crippen molar-refractivity contribution in [2.75, 3.05) is 13.2 Å². The molecule has 62 valence electrons. The minimum Gasteiger partial charge on any atom is -0.395 e. The van der Waals surface area contributed by atoms with Crippen LogP contribution >= 0.6 is 0 Å². The van der Waals surface area contributed by atoms with Crippen molar-refractivity contribution in [3.63, 3.8) is 0 Å². The van der Waals surface area contributed by atoms with Crippen LogP contribution in [0, 0.1) is 0 Å². The van der Waals surface area contributed by atoms with E-state index in [0.717, 1.165) is 0 Å². The zero-order chi connectivity index (χ0) is 7.98. The molecule has 0 heterocycles. The molecule has 0 saturated carbocycles.